The Morgan fingerprint density at radius 3 is 2.22 bits per heavy atom. The van der Waals surface area contributed by atoms with Crippen molar-refractivity contribution >= 4 is 0 Å². The molecule has 1 aromatic carbocycles. The molecule has 3 rings (SSSR count). The van der Waals surface area contributed by atoms with Crippen molar-refractivity contribution in [1.29, 1.82) is 0 Å². The van der Waals surface area contributed by atoms with E-state index in [-0.39, 0.29) is 0 Å². The molecule has 3 heteroatoms. The molecule has 2 saturated heterocycles. The van der Waals surface area contributed by atoms with Crippen LogP contribution < -0.4 is 0 Å². The van der Waals surface area contributed by atoms with Crippen molar-refractivity contribution in [2.45, 2.75) is 45.7 Å². The van der Waals surface area contributed by atoms with Gasteiger partial charge in [-0.1, -0.05) is 12.1 Å². The molecule has 2 fully saturated rings. The lowest BCUT2D eigenvalue weighted by Gasteiger charge is -2.52. The molecule has 0 unspecified atom stereocenters. The molecule has 0 atom stereocenters. The molecule has 0 saturated carbocycles. The Labute approximate surface area is 142 Å². The van der Waals surface area contributed by atoms with Crippen LogP contribution in [0.1, 0.15) is 35.1 Å². The maximum absolute atomic E-state index is 2.66. The van der Waals surface area contributed by atoms with Gasteiger partial charge in [0, 0.05) is 44.8 Å². The summed E-state index contributed by atoms with van der Waals surface area (Å²) in [5, 5.41) is 0. The number of aryl methyl sites for hydroxylation is 3. The highest BCUT2D eigenvalue weighted by molar-refractivity contribution is 5.36. The second-order valence-corrected chi connectivity index (χ2v) is 8.02. The van der Waals surface area contributed by atoms with Crippen molar-refractivity contribution in [3.05, 3.63) is 34.4 Å². The van der Waals surface area contributed by atoms with E-state index in [0.29, 0.717) is 5.54 Å². The molecular formula is C20H33N3. The van der Waals surface area contributed by atoms with Crippen LogP contribution in [0.25, 0.3) is 0 Å². The number of piperazine rings is 1. The largest absolute Gasteiger partial charge is 0.303 e. The molecule has 1 aromatic rings. The van der Waals surface area contributed by atoms with E-state index in [1.165, 1.54) is 67.8 Å². The number of piperidine rings is 1. The predicted molar refractivity (Wildman–Crippen MR) is 98.0 cm³/mol. The summed E-state index contributed by atoms with van der Waals surface area (Å²) in [5.41, 5.74) is 6.21. The number of nitrogens with zero attached hydrogens (tertiary/aromatic N) is 3. The number of hydrogen-bond donors (Lipinski definition) is 0. The van der Waals surface area contributed by atoms with Crippen molar-refractivity contribution in [1.82, 2.24) is 14.7 Å². The summed E-state index contributed by atoms with van der Waals surface area (Å²) in [7, 11) is 4.61. The highest BCUT2D eigenvalue weighted by Crippen LogP contribution is 2.32. The highest BCUT2D eigenvalue weighted by Gasteiger charge is 2.41. The lowest BCUT2D eigenvalue weighted by molar-refractivity contribution is -0.0205. The SMILES string of the molecule is Cc1cc(C)c(CN2CCC3(CC2)CN(C)CCN3C)cc1C. The molecule has 0 amide bonds. The van der Waals surface area contributed by atoms with E-state index in [1.807, 2.05) is 0 Å². The number of hydrogen-bond acceptors (Lipinski definition) is 3. The lowest BCUT2D eigenvalue weighted by atomic mass is 9.83. The van der Waals surface area contributed by atoms with E-state index in [2.05, 4.69) is 61.7 Å². The van der Waals surface area contributed by atoms with E-state index in [9.17, 15) is 0 Å². The van der Waals surface area contributed by atoms with Crippen LogP contribution >= 0.6 is 0 Å². The maximum Gasteiger partial charge on any atom is 0.0358 e. The van der Waals surface area contributed by atoms with Gasteiger partial charge in [0.15, 0.2) is 0 Å². The number of likely N-dealkylation sites (tertiary alicyclic amines) is 1. The fraction of sp³-hybridized carbons (Fsp3) is 0.700. The number of rotatable bonds is 2. The van der Waals surface area contributed by atoms with Gasteiger partial charge in [0.2, 0.25) is 0 Å². The van der Waals surface area contributed by atoms with Crippen LogP contribution in [-0.2, 0) is 6.54 Å². The zero-order valence-corrected chi connectivity index (χ0v) is 15.7. The van der Waals surface area contributed by atoms with E-state index < -0.39 is 0 Å². The molecule has 0 aromatic heterocycles. The van der Waals surface area contributed by atoms with Gasteiger partial charge in [0.05, 0.1) is 0 Å². The first-order valence-electron chi connectivity index (χ1n) is 9.08. The minimum Gasteiger partial charge on any atom is -0.303 e. The van der Waals surface area contributed by atoms with Crippen LogP contribution in [-0.4, -0.2) is 67.1 Å². The summed E-state index contributed by atoms with van der Waals surface area (Å²) >= 11 is 0. The van der Waals surface area contributed by atoms with E-state index in [1.54, 1.807) is 0 Å². The van der Waals surface area contributed by atoms with Crippen molar-refractivity contribution in [2.75, 3.05) is 46.8 Å². The van der Waals surface area contributed by atoms with Gasteiger partial charge in [-0.05, 0) is 70.0 Å². The van der Waals surface area contributed by atoms with Crippen LogP contribution in [0, 0.1) is 20.8 Å². The molecule has 0 aliphatic carbocycles. The number of likely N-dealkylation sites (N-methyl/N-ethyl adjacent to an activating group) is 2. The molecule has 1 spiro atoms. The standard InChI is InChI=1S/C20H33N3/c1-16-12-18(3)19(13-17(16)2)14-23-8-6-20(7-9-23)15-21(4)10-11-22(20)5/h12-13H,6-11,14-15H2,1-5H3. The Hall–Kier alpha value is -0.900. The Morgan fingerprint density at radius 2 is 1.52 bits per heavy atom. The molecule has 2 aliphatic rings. The Balaban J connectivity index is 1.64. The third-order valence-electron chi connectivity index (χ3n) is 6.32. The van der Waals surface area contributed by atoms with Gasteiger partial charge in [-0.15, -0.1) is 0 Å². The van der Waals surface area contributed by atoms with Crippen LogP contribution in [0.4, 0.5) is 0 Å². The molecular weight excluding hydrogens is 282 g/mol. The maximum atomic E-state index is 2.66. The quantitative estimate of drug-likeness (QED) is 0.831. The average Bonchev–Trinajstić information content (AvgIpc) is 2.51. The molecule has 0 bridgehead atoms. The smallest absolute Gasteiger partial charge is 0.0358 e. The van der Waals surface area contributed by atoms with Gasteiger partial charge in [-0.3, -0.25) is 9.80 Å². The first-order valence-corrected chi connectivity index (χ1v) is 9.08. The second-order valence-electron chi connectivity index (χ2n) is 8.02. The van der Waals surface area contributed by atoms with Gasteiger partial charge in [0.25, 0.3) is 0 Å². The molecule has 0 N–H and O–H groups in total. The zero-order chi connectivity index (χ0) is 16.6. The monoisotopic (exact) mass is 315 g/mol. The zero-order valence-electron chi connectivity index (χ0n) is 15.7. The average molecular weight is 316 g/mol. The topological polar surface area (TPSA) is 9.72 Å². The third kappa shape index (κ3) is 3.47. The summed E-state index contributed by atoms with van der Waals surface area (Å²) in [6, 6.07) is 4.75. The van der Waals surface area contributed by atoms with Gasteiger partial charge in [-0.25, -0.2) is 0 Å². The number of benzene rings is 1. The van der Waals surface area contributed by atoms with Gasteiger partial charge < -0.3 is 4.90 Å². The van der Waals surface area contributed by atoms with Crippen molar-refractivity contribution in [3.8, 4) is 0 Å². The molecule has 23 heavy (non-hydrogen) atoms. The van der Waals surface area contributed by atoms with Gasteiger partial charge in [0.1, 0.15) is 0 Å². The third-order valence-corrected chi connectivity index (χ3v) is 6.32. The summed E-state index contributed by atoms with van der Waals surface area (Å²) in [5.74, 6) is 0. The van der Waals surface area contributed by atoms with Crippen LogP contribution in [0.3, 0.4) is 0 Å². The Morgan fingerprint density at radius 1 is 0.870 bits per heavy atom. The van der Waals surface area contributed by atoms with Gasteiger partial charge in [-0.2, -0.15) is 0 Å². The Bertz CT molecular complexity index is 558. The van der Waals surface area contributed by atoms with E-state index in [0.717, 1.165) is 6.54 Å². The van der Waals surface area contributed by atoms with Crippen molar-refractivity contribution in [2.24, 2.45) is 0 Å². The second kappa shape index (κ2) is 6.54. The van der Waals surface area contributed by atoms with Crippen LogP contribution in [0.15, 0.2) is 12.1 Å². The summed E-state index contributed by atoms with van der Waals surface area (Å²) in [4.78, 5) is 7.81. The summed E-state index contributed by atoms with van der Waals surface area (Å²) in [6.07, 6.45) is 2.61. The van der Waals surface area contributed by atoms with Crippen molar-refractivity contribution < 1.29 is 0 Å². The molecule has 128 valence electrons. The van der Waals surface area contributed by atoms with Gasteiger partial charge >= 0.3 is 0 Å². The minimum atomic E-state index is 0.418. The van der Waals surface area contributed by atoms with E-state index in [4.69, 9.17) is 0 Å². The van der Waals surface area contributed by atoms with Crippen LogP contribution in [0.5, 0.6) is 0 Å². The normalized spacial score (nSPS) is 23.5. The van der Waals surface area contributed by atoms with Crippen LogP contribution in [0.2, 0.25) is 0 Å². The minimum absolute atomic E-state index is 0.418. The molecule has 0 radical (unpaired) electrons. The molecule has 2 heterocycles. The highest BCUT2D eigenvalue weighted by atomic mass is 15.3. The Kier molecular flexibility index (Phi) is 4.82. The molecule has 3 nitrogen and oxygen atoms in total. The fourth-order valence-corrected chi connectivity index (χ4v) is 4.36. The van der Waals surface area contributed by atoms with E-state index >= 15 is 0 Å². The predicted octanol–water partition coefficient (Wildman–Crippen LogP) is 2.82. The summed E-state index contributed by atoms with van der Waals surface area (Å²) < 4.78 is 0. The van der Waals surface area contributed by atoms with Crippen molar-refractivity contribution in [3.63, 3.8) is 0 Å². The molecule has 2 aliphatic heterocycles. The summed E-state index contributed by atoms with van der Waals surface area (Å²) in [6.45, 7) is 13.9. The fourth-order valence-electron chi connectivity index (χ4n) is 4.36. The first-order chi connectivity index (χ1) is 10.9. The lowest BCUT2D eigenvalue weighted by Crippen LogP contribution is -2.63. The first kappa shape index (κ1) is 16.9.